The minimum atomic E-state index is -0.474. The first kappa shape index (κ1) is 12.1. The van der Waals surface area contributed by atoms with Crippen LogP contribution in [0.15, 0.2) is 30.3 Å². The Morgan fingerprint density at radius 1 is 1.40 bits per heavy atom. The molecule has 0 spiro atoms. The van der Waals surface area contributed by atoms with E-state index in [1.54, 1.807) is 0 Å². The van der Waals surface area contributed by atoms with Crippen molar-refractivity contribution in [2.24, 2.45) is 0 Å². The lowest BCUT2D eigenvalue weighted by Gasteiger charge is -2.11. The van der Waals surface area contributed by atoms with Gasteiger partial charge in [-0.2, -0.15) is 5.26 Å². The highest BCUT2D eigenvalue weighted by atomic mass is 32.2. The highest BCUT2D eigenvalue weighted by molar-refractivity contribution is 8.03. The standard InChI is InChI=1S/C11H14N2OS/c12-9-15-7-6-13-8-11(14)10-4-2-1-3-5-10/h1-5,11,13-14H,6-8H2. The molecule has 0 saturated carbocycles. The van der Waals surface area contributed by atoms with Crippen molar-refractivity contribution < 1.29 is 5.11 Å². The zero-order valence-corrected chi connectivity index (χ0v) is 9.20. The van der Waals surface area contributed by atoms with Crippen LogP contribution in [0, 0.1) is 10.7 Å². The number of hydrogen-bond acceptors (Lipinski definition) is 4. The molecule has 1 atom stereocenters. The van der Waals surface area contributed by atoms with Crippen molar-refractivity contribution in [2.45, 2.75) is 6.10 Å². The lowest BCUT2D eigenvalue weighted by Crippen LogP contribution is -2.23. The largest absolute Gasteiger partial charge is 0.387 e. The fourth-order valence-electron chi connectivity index (χ4n) is 1.20. The third kappa shape index (κ3) is 4.84. The first-order valence-corrected chi connectivity index (χ1v) is 5.77. The zero-order valence-electron chi connectivity index (χ0n) is 8.39. The van der Waals surface area contributed by atoms with Gasteiger partial charge in [0.05, 0.1) is 6.10 Å². The Morgan fingerprint density at radius 3 is 2.80 bits per heavy atom. The number of nitriles is 1. The molecular formula is C11H14N2OS. The van der Waals surface area contributed by atoms with Crippen LogP contribution in [0.25, 0.3) is 0 Å². The maximum Gasteiger partial charge on any atom is 0.133 e. The van der Waals surface area contributed by atoms with E-state index in [-0.39, 0.29) is 0 Å². The summed E-state index contributed by atoms with van der Waals surface area (Å²) in [7, 11) is 0. The second-order valence-corrected chi connectivity index (χ2v) is 3.95. The van der Waals surface area contributed by atoms with E-state index in [1.165, 1.54) is 11.8 Å². The van der Waals surface area contributed by atoms with Crippen LogP contribution in [-0.4, -0.2) is 23.9 Å². The van der Waals surface area contributed by atoms with Gasteiger partial charge in [0.15, 0.2) is 0 Å². The van der Waals surface area contributed by atoms with E-state index < -0.39 is 6.10 Å². The summed E-state index contributed by atoms with van der Waals surface area (Å²) in [6.45, 7) is 1.26. The first-order chi connectivity index (χ1) is 7.34. The normalized spacial score (nSPS) is 12.0. The molecule has 1 aromatic rings. The SMILES string of the molecule is N#CSCCNCC(O)c1ccccc1. The number of aliphatic hydroxyl groups is 1. The summed E-state index contributed by atoms with van der Waals surface area (Å²) in [5, 5.41) is 23.1. The first-order valence-electron chi connectivity index (χ1n) is 4.79. The molecule has 0 aliphatic rings. The molecular weight excluding hydrogens is 208 g/mol. The fourth-order valence-corrected chi connectivity index (χ4v) is 1.54. The molecule has 1 aromatic carbocycles. The van der Waals surface area contributed by atoms with E-state index in [0.29, 0.717) is 6.54 Å². The lowest BCUT2D eigenvalue weighted by atomic mass is 10.1. The highest BCUT2D eigenvalue weighted by Crippen LogP contribution is 2.10. The maximum absolute atomic E-state index is 9.74. The van der Waals surface area contributed by atoms with E-state index in [2.05, 4.69) is 5.32 Å². The Bertz CT molecular complexity index is 310. The third-order valence-corrected chi connectivity index (χ3v) is 2.50. The number of nitrogens with one attached hydrogen (secondary N) is 1. The Kier molecular flexibility index (Phi) is 5.86. The molecule has 0 aromatic heterocycles. The quantitative estimate of drug-likeness (QED) is 0.566. The smallest absolute Gasteiger partial charge is 0.133 e. The molecule has 1 unspecified atom stereocenters. The maximum atomic E-state index is 9.74. The van der Waals surface area contributed by atoms with Crippen molar-refractivity contribution in [3.05, 3.63) is 35.9 Å². The Hall–Kier alpha value is -1.02. The Balaban J connectivity index is 2.20. The monoisotopic (exact) mass is 222 g/mol. The summed E-state index contributed by atoms with van der Waals surface area (Å²) >= 11 is 1.22. The molecule has 0 amide bonds. The van der Waals surface area contributed by atoms with Crippen LogP contribution in [0.3, 0.4) is 0 Å². The number of thiocyanates is 1. The van der Waals surface area contributed by atoms with Crippen molar-refractivity contribution >= 4 is 11.8 Å². The topological polar surface area (TPSA) is 56.0 Å². The van der Waals surface area contributed by atoms with Crippen LogP contribution < -0.4 is 5.32 Å². The molecule has 4 heteroatoms. The second-order valence-electron chi connectivity index (χ2n) is 3.07. The fraction of sp³-hybridized carbons (Fsp3) is 0.364. The average Bonchev–Trinajstić information content (AvgIpc) is 2.30. The van der Waals surface area contributed by atoms with Crippen LogP contribution in [0.4, 0.5) is 0 Å². The van der Waals surface area contributed by atoms with E-state index >= 15 is 0 Å². The summed E-state index contributed by atoms with van der Waals surface area (Å²) in [6.07, 6.45) is -0.474. The summed E-state index contributed by atoms with van der Waals surface area (Å²) < 4.78 is 0. The van der Waals surface area contributed by atoms with Crippen molar-refractivity contribution in [1.29, 1.82) is 5.26 Å². The summed E-state index contributed by atoms with van der Waals surface area (Å²) in [6, 6.07) is 9.54. The summed E-state index contributed by atoms with van der Waals surface area (Å²) in [5.41, 5.74) is 0.915. The lowest BCUT2D eigenvalue weighted by molar-refractivity contribution is 0.176. The molecule has 2 N–H and O–H groups in total. The van der Waals surface area contributed by atoms with Crippen molar-refractivity contribution in [2.75, 3.05) is 18.8 Å². The molecule has 0 bridgehead atoms. The molecule has 0 fully saturated rings. The van der Waals surface area contributed by atoms with Gasteiger partial charge in [0.2, 0.25) is 0 Å². The number of rotatable bonds is 6. The predicted molar refractivity (Wildman–Crippen MR) is 62.3 cm³/mol. The van der Waals surface area contributed by atoms with Gasteiger partial charge in [-0.3, -0.25) is 0 Å². The molecule has 80 valence electrons. The molecule has 0 radical (unpaired) electrons. The molecule has 3 nitrogen and oxygen atoms in total. The number of hydrogen-bond donors (Lipinski definition) is 2. The molecule has 15 heavy (non-hydrogen) atoms. The molecule has 0 saturated heterocycles. The number of nitrogens with zero attached hydrogens (tertiary/aromatic N) is 1. The van der Waals surface area contributed by atoms with Crippen molar-refractivity contribution in [3.8, 4) is 5.40 Å². The van der Waals surface area contributed by atoms with Crippen molar-refractivity contribution in [3.63, 3.8) is 0 Å². The summed E-state index contributed by atoms with van der Waals surface area (Å²) in [4.78, 5) is 0. The molecule has 1 rings (SSSR count). The van der Waals surface area contributed by atoms with Crippen LogP contribution in [0.2, 0.25) is 0 Å². The predicted octanol–water partition coefficient (Wildman–Crippen LogP) is 1.52. The van der Waals surface area contributed by atoms with Crippen LogP contribution in [0.5, 0.6) is 0 Å². The highest BCUT2D eigenvalue weighted by Gasteiger charge is 2.04. The van der Waals surface area contributed by atoms with Crippen LogP contribution in [-0.2, 0) is 0 Å². The minimum Gasteiger partial charge on any atom is -0.387 e. The van der Waals surface area contributed by atoms with E-state index in [4.69, 9.17) is 5.26 Å². The average molecular weight is 222 g/mol. The van der Waals surface area contributed by atoms with E-state index in [9.17, 15) is 5.11 Å². The van der Waals surface area contributed by atoms with Crippen LogP contribution >= 0.6 is 11.8 Å². The van der Waals surface area contributed by atoms with Crippen molar-refractivity contribution in [1.82, 2.24) is 5.32 Å². The van der Waals surface area contributed by atoms with Gasteiger partial charge in [-0.15, -0.1) is 0 Å². The number of benzene rings is 1. The number of aliphatic hydroxyl groups excluding tert-OH is 1. The molecule has 0 aliphatic heterocycles. The third-order valence-electron chi connectivity index (χ3n) is 1.97. The van der Waals surface area contributed by atoms with Gasteiger partial charge in [0.1, 0.15) is 5.40 Å². The van der Waals surface area contributed by atoms with E-state index in [1.807, 2.05) is 35.7 Å². The van der Waals surface area contributed by atoms with Crippen LogP contribution in [0.1, 0.15) is 11.7 Å². The minimum absolute atomic E-state index is 0.474. The molecule has 0 aliphatic carbocycles. The van der Waals surface area contributed by atoms with Gasteiger partial charge in [-0.05, 0) is 17.3 Å². The number of thioether (sulfide) groups is 1. The van der Waals surface area contributed by atoms with Gasteiger partial charge in [-0.25, -0.2) is 0 Å². The Morgan fingerprint density at radius 2 is 2.13 bits per heavy atom. The summed E-state index contributed by atoms with van der Waals surface area (Å²) in [5.74, 6) is 0.748. The molecule has 0 heterocycles. The second kappa shape index (κ2) is 7.30. The zero-order chi connectivity index (χ0) is 10.9. The van der Waals surface area contributed by atoms with E-state index in [0.717, 1.165) is 17.9 Å². The van der Waals surface area contributed by atoms with Gasteiger partial charge in [0, 0.05) is 18.8 Å². The van der Waals surface area contributed by atoms with Gasteiger partial charge < -0.3 is 10.4 Å². The van der Waals surface area contributed by atoms with Gasteiger partial charge in [0.25, 0.3) is 0 Å². The Labute approximate surface area is 94.1 Å². The van der Waals surface area contributed by atoms with Gasteiger partial charge in [-0.1, -0.05) is 30.3 Å². The van der Waals surface area contributed by atoms with Gasteiger partial charge >= 0.3 is 0 Å².